The van der Waals surface area contributed by atoms with Crippen molar-refractivity contribution in [2.75, 3.05) is 32.6 Å². The maximum Gasteiger partial charge on any atom is 0.165 e. The Morgan fingerprint density at radius 3 is 2.50 bits per heavy atom. The number of rotatable bonds is 6. The van der Waals surface area contributed by atoms with E-state index in [1.807, 2.05) is 0 Å². The fourth-order valence-electron chi connectivity index (χ4n) is 4.12. The molecule has 1 saturated heterocycles. The number of halogens is 1. The zero-order valence-electron chi connectivity index (χ0n) is 18.4. The van der Waals surface area contributed by atoms with Crippen LogP contribution >= 0.6 is 0 Å². The lowest BCUT2D eigenvalue weighted by atomic mass is 9.87. The summed E-state index contributed by atoms with van der Waals surface area (Å²) in [6, 6.07) is 7.00. The van der Waals surface area contributed by atoms with Crippen molar-refractivity contribution in [1.82, 2.24) is 15.3 Å². The number of anilines is 1. The highest BCUT2D eigenvalue weighted by Crippen LogP contribution is 2.37. The lowest BCUT2D eigenvalue weighted by molar-refractivity contribution is 0.0219. The van der Waals surface area contributed by atoms with Gasteiger partial charge < -0.3 is 30.3 Å². The van der Waals surface area contributed by atoms with Gasteiger partial charge in [-0.2, -0.15) is 0 Å². The molecule has 8 nitrogen and oxygen atoms in total. The molecule has 0 bridgehead atoms. The Hall–Kier alpha value is -3.17. The predicted octanol–water partition coefficient (Wildman–Crippen LogP) is 2.93. The summed E-state index contributed by atoms with van der Waals surface area (Å²) in [5.74, 6) is 0.929. The van der Waals surface area contributed by atoms with Crippen LogP contribution in [-0.4, -0.2) is 59.1 Å². The summed E-state index contributed by atoms with van der Waals surface area (Å²) in [5.41, 5.74) is -0.202. The van der Waals surface area contributed by atoms with Crippen molar-refractivity contribution in [2.24, 2.45) is 5.92 Å². The van der Waals surface area contributed by atoms with E-state index >= 15 is 0 Å². The minimum Gasteiger partial charge on any atom is -0.507 e. The number of aromatic hydroxyl groups is 1. The first-order chi connectivity index (χ1) is 15.2. The summed E-state index contributed by atoms with van der Waals surface area (Å²) in [4.78, 5) is 9.19. The molecule has 1 fully saturated rings. The Bertz CT molecular complexity index is 1150. The second-order valence-electron chi connectivity index (χ2n) is 8.45. The van der Waals surface area contributed by atoms with Crippen LogP contribution in [0.1, 0.15) is 13.8 Å². The molecule has 0 saturated carbocycles. The number of hydrogen-bond donors (Lipinski definition) is 4. The van der Waals surface area contributed by atoms with E-state index in [9.17, 15) is 14.6 Å². The topological polar surface area (TPSA) is 109 Å². The first-order valence-corrected chi connectivity index (χ1v) is 10.3. The molecular formula is C23H27FN4O4. The van der Waals surface area contributed by atoms with Crippen molar-refractivity contribution in [3.8, 4) is 28.6 Å². The SMILES string of the molecule is COc1cc2nc(-c3cc(F)ccc3O)nc(N[C@@H]3CNCC3C(C)(C)O)c2cc1OC. The number of ether oxygens (including phenoxy) is 2. The van der Waals surface area contributed by atoms with Gasteiger partial charge in [0, 0.05) is 36.5 Å². The van der Waals surface area contributed by atoms with E-state index in [2.05, 4.69) is 20.6 Å². The number of nitrogens with zero attached hydrogens (tertiary/aromatic N) is 2. The third-order valence-electron chi connectivity index (χ3n) is 5.84. The van der Waals surface area contributed by atoms with Gasteiger partial charge in [-0.15, -0.1) is 0 Å². The largest absolute Gasteiger partial charge is 0.507 e. The average Bonchev–Trinajstić information content (AvgIpc) is 3.23. The molecule has 4 N–H and O–H groups in total. The number of aliphatic hydroxyl groups is 1. The zero-order valence-corrected chi connectivity index (χ0v) is 18.4. The summed E-state index contributed by atoms with van der Waals surface area (Å²) in [6.07, 6.45) is 0. The van der Waals surface area contributed by atoms with Crippen LogP contribution in [0, 0.1) is 11.7 Å². The van der Waals surface area contributed by atoms with Crippen LogP contribution in [0.5, 0.6) is 17.2 Å². The number of aromatic nitrogens is 2. The number of phenolic OH excluding ortho intramolecular Hbond substituents is 1. The van der Waals surface area contributed by atoms with Crippen LogP contribution in [0.25, 0.3) is 22.3 Å². The smallest absolute Gasteiger partial charge is 0.165 e. The van der Waals surface area contributed by atoms with Crippen LogP contribution in [0.4, 0.5) is 10.2 Å². The second kappa shape index (κ2) is 8.40. The van der Waals surface area contributed by atoms with Crippen LogP contribution < -0.4 is 20.1 Å². The first-order valence-electron chi connectivity index (χ1n) is 10.3. The molecule has 3 aromatic rings. The highest BCUT2D eigenvalue weighted by Gasteiger charge is 2.38. The van der Waals surface area contributed by atoms with Gasteiger partial charge >= 0.3 is 0 Å². The van der Waals surface area contributed by atoms with E-state index < -0.39 is 11.4 Å². The van der Waals surface area contributed by atoms with Gasteiger partial charge in [-0.3, -0.25) is 0 Å². The van der Waals surface area contributed by atoms with Crippen molar-refractivity contribution in [3.05, 3.63) is 36.1 Å². The third kappa shape index (κ3) is 4.13. The number of fused-ring (bicyclic) bond motifs is 1. The molecule has 9 heteroatoms. The highest BCUT2D eigenvalue weighted by atomic mass is 19.1. The van der Waals surface area contributed by atoms with Gasteiger partial charge in [-0.25, -0.2) is 14.4 Å². The molecule has 0 amide bonds. The van der Waals surface area contributed by atoms with Gasteiger partial charge in [0.25, 0.3) is 0 Å². The summed E-state index contributed by atoms with van der Waals surface area (Å²) in [6.45, 7) is 4.84. The van der Waals surface area contributed by atoms with E-state index in [1.165, 1.54) is 25.3 Å². The summed E-state index contributed by atoms with van der Waals surface area (Å²) in [5, 5.41) is 28.3. The molecule has 1 aliphatic heterocycles. The number of nitrogens with one attached hydrogen (secondary N) is 2. The van der Waals surface area contributed by atoms with Gasteiger partial charge in [0.15, 0.2) is 17.3 Å². The quantitative estimate of drug-likeness (QED) is 0.462. The number of hydrogen-bond acceptors (Lipinski definition) is 8. The van der Waals surface area contributed by atoms with E-state index in [0.29, 0.717) is 41.3 Å². The molecule has 32 heavy (non-hydrogen) atoms. The van der Waals surface area contributed by atoms with Gasteiger partial charge in [0.05, 0.1) is 30.9 Å². The average molecular weight is 442 g/mol. The van der Waals surface area contributed by atoms with E-state index in [4.69, 9.17) is 9.47 Å². The van der Waals surface area contributed by atoms with E-state index in [1.54, 1.807) is 33.1 Å². The van der Waals surface area contributed by atoms with Crippen molar-refractivity contribution in [3.63, 3.8) is 0 Å². The second-order valence-corrected chi connectivity index (χ2v) is 8.45. The Balaban J connectivity index is 1.89. The number of phenols is 1. The molecule has 4 rings (SSSR count). The fourth-order valence-corrected chi connectivity index (χ4v) is 4.12. The normalized spacial score (nSPS) is 18.7. The molecule has 0 radical (unpaired) electrons. The van der Waals surface area contributed by atoms with Crippen molar-refractivity contribution in [2.45, 2.75) is 25.5 Å². The molecule has 1 unspecified atom stereocenters. The number of methoxy groups -OCH3 is 2. The highest BCUT2D eigenvalue weighted by molar-refractivity contribution is 5.93. The predicted molar refractivity (Wildman–Crippen MR) is 120 cm³/mol. The molecule has 0 aliphatic carbocycles. The van der Waals surface area contributed by atoms with Crippen LogP contribution in [0.2, 0.25) is 0 Å². The van der Waals surface area contributed by atoms with Crippen LogP contribution in [0.15, 0.2) is 30.3 Å². The van der Waals surface area contributed by atoms with Crippen LogP contribution in [0.3, 0.4) is 0 Å². The first kappa shape index (κ1) is 22.0. The Morgan fingerprint density at radius 2 is 1.81 bits per heavy atom. The summed E-state index contributed by atoms with van der Waals surface area (Å²) in [7, 11) is 3.07. The van der Waals surface area contributed by atoms with Crippen molar-refractivity contribution in [1.29, 1.82) is 0 Å². The lowest BCUT2D eigenvalue weighted by Gasteiger charge is -2.31. The molecular weight excluding hydrogens is 415 g/mol. The molecule has 2 atom stereocenters. The van der Waals surface area contributed by atoms with Gasteiger partial charge in [0.2, 0.25) is 0 Å². The fraction of sp³-hybridized carbons (Fsp3) is 0.391. The van der Waals surface area contributed by atoms with Gasteiger partial charge in [-0.05, 0) is 38.1 Å². The molecule has 0 spiro atoms. The summed E-state index contributed by atoms with van der Waals surface area (Å²) >= 11 is 0. The molecule has 1 aliphatic rings. The Morgan fingerprint density at radius 1 is 1.09 bits per heavy atom. The Labute approximate surface area is 185 Å². The van der Waals surface area contributed by atoms with Crippen LogP contribution in [-0.2, 0) is 0 Å². The minimum absolute atomic E-state index is 0.0707. The molecule has 2 aromatic carbocycles. The molecule has 1 aromatic heterocycles. The molecule has 170 valence electrons. The van der Waals surface area contributed by atoms with E-state index in [0.717, 1.165) is 0 Å². The maximum atomic E-state index is 13.9. The maximum absolute atomic E-state index is 13.9. The number of benzene rings is 2. The van der Waals surface area contributed by atoms with Crippen molar-refractivity contribution < 1.29 is 24.1 Å². The third-order valence-corrected chi connectivity index (χ3v) is 5.84. The minimum atomic E-state index is -0.908. The zero-order chi connectivity index (χ0) is 23.0. The summed E-state index contributed by atoms with van der Waals surface area (Å²) < 4.78 is 24.8. The van der Waals surface area contributed by atoms with Crippen molar-refractivity contribution >= 4 is 16.7 Å². The van der Waals surface area contributed by atoms with E-state index in [-0.39, 0.29) is 29.1 Å². The standard InChI is InChI=1S/C23H27FN4O4/c1-23(2,30)15-10-25-11-17(15)27-21-13-8-19(31-3)20(32-4)9-16(13)26-22(28-21)14-7-12(24)5-6-18(14)29/h5-9,15,17,25,29-30H,10-11H2,1-4H3,(H,26,27,28)/t15?,17-/m1/s1. The lowest BCUT2D eigenvalue weighted by Crippen LogP contribution is -2.42. The molecule has 2 heterocycles. The van der Waals surface area contributed by atoms with Gasteiger partial charge in [0.1, 0.15) is 17.4 Å². The Kier molecular flexibility index (Phi) is 5.79. The van der Waals surface area contributed by atoms with Gasteiger partial charge in [-0.1, -0.05) is 0 Å². The monoisotopic (exact) mass is 442 g/mol.